The van der Waals surface area contributed by atoms with E-state index in [4.69, 9.17) is 0 Å². The number of hydrogen-bond acceptors (Lipinski definition) is 4. The molecule has 174 valence electrons. The summed E-state index contributed by atoms with van der Waals surface area (Å²) >= 11 is 0. The van der Waals surface area contributed by atoms with Crippen LogP contribution in [-0.2, 0) is 0 Å². The molecule has 1 aromatic carbocycles. The van der Waals surface area contributed by atoms with Gasteiger partial charge in [-0.15, -0.1) is 7.94 Å². The standard InChI is InChI=1S/C25H46NO3P/c1-2-3-4-5-6-7-8-9-10-11-12-13-14-15-16-20-23-26-25(30(27,28)29)24-21-18-17-19-22-24/h17-19,21-22,25-26H,2-16,20,23H2,1H3,(H2,27,28,29)/p-2. The van der Waals surface area contributed by atoms with Crippen LogP contribution in [0.15, 0.2) is 30.3 Å². The molecule has 1 atom stereocenters. The molecular weight excluding hydrogens is 393 g/mol. The Morgan fingerprint density at radius 1 is 0.633 bits per heavy atom. The number of unbranched alkanes of at least 4 members (excludes halogenated alkanes) is 15. The molecule has 1 unspecified atom stereocenters. The highest BCUT2D eigenvalue weighted by molar-refractivity contribution is 7.54. The first kappa shape index (κ1) is 27.5. The molecular formula is C25H44NO3P-2. The van der Waals surface area contributed by atoms with Crippen molar-refractivity contribution in [3.8, 4) is 0 Å². The van der Waals surface area contributed by atoms with Gasteiger partial charge in [-0.05, 0) is 13.0 Å². The maximum Gasteiger partial charge on any atom is 0.127 e. The van der Waals surface area contributed by atoms with Crippen molar-refractivity contribution in [1.29, 1.82) is 0 Å². The van der Waals surface area contributed by atoms with Crippen LogP contribution in [0.1, 0.15) is 121 Å². The average Bonchev–Trinajstić information content (AvgIpc) is 2.72. The Morgan fingerprint density at radius 3 is 1.43 bits per heavy atom. The molecule has 1 N–H and O–H groups in total. The SMILES string of the molecule is CCCCCCCCCCCCCCCCCCNC(c1ccccc1)[P+]([O-])([O-])[O-]. The first-order valence-electron chi connectivity index (χ1n) is 12.4. The van der Waals surface area contributed by atoms with Crippen LogP contribution in [0.5, 0.6) is 0 Å². The molecule has 0 aromatic heterocycles. The van der Waals surface area contributed by atoms with Crippen LogP contribution < -0.4 is 20.0 Å². The average molecular weight is 438 g/mol. The van der Waals surface area contributed by atoms with Crippen LogP contribution in [0.4, 0.5) is 0 Å². The Labute approximate surface area is 186 Å². The summed E-state index contributed by atoms with van der Waals surface area (Å²) in [7, 11) is -4.70. The van der Waals surface area contributed by atoms with Gasteiger partial charge in [-0.3, -0.25) is 5.32 Å². The van der Waals surface area contributed by atoms with Crippen LogP contribution >= 0.6 is 7.94 Å². The third-order valence-electron chi connectivity index (χ3n) is 5.80. The summed E-state index contributed by atoms with van der Waals surface area (Å²) in [5.74, 6) is -1.12. The zero-order valence-electron chi connectivity index (χ0n) is 19.2. The van der Waals surface area contributed by atoms with Gasteiger partial charge in [0.25, 0.3) is 0 Å². The van der Waals surface area contributed by atoms with E-state index in [1.54, 1.807) is 24.3 Å². The van der Waals surface area contributed by atoms with Crippen LogP contribution in [0.2, 0.25) is 0 Å². The number of nitrogens with one attached hydrogen (secondary N) is 1. The Bertz CT molecular complexity index is 493. The molecule has 4 nitrogen and oxygen atoms in total. The van der Waals surface area contributed by atoms with Crippen molar-refractivity contribution < 1.29 is 14.7 Å². The second-order valence-electron chi connectivity index (χ2n) is 8.61. The lowest BCUT2D eigenvalue weighted by Gasteiger charge is -2.48. The lowest BCUT2D eigenvalue weighted by molar-refractivity contribution is -0.432. The summed E-state index contributed by atoms with van der Waals surface area (Å²) < 4.78 is 0. The van der Waals surface area contributed by atoms with Crippen LogP contribution in [-0.4, -0.2) is 6.54 Å². The van der Waals surface area contributed by atoms with E-state index in [2.05, 4.69) is 12.2 Å². The zero-order chi connectivity index (χ0) is 21.9. The highest BCUT2D eigenvalue weighted by Crippen LogP contribution is 2.45. The molecule has 0 aliphatic heterocycles. The summed E-state index contributed by atoms with van der Waals surface area (Å²) in [6, 6.07) is 8.71. The van der Waals surface area contributed by atoms with E-state index in [0.29, 0.717) is 12.1 Å². The molecule has 0 aliphatic carbocycles. The maximum absolute atomic E-state index is 11.5. The second-order valence-corrected chi connectivity index (χ2v) is 10.2. The topological polar surface area (TPSA) is 81.2 Å². The fourth-order valence-corrected chi connectivity index (χ4v) is 4.85. The minimum Gasteiger partial charge on any atom is -0.686 e. The van der Waals surface area contributed by atoms with Crippen molar-refractivity contribution in [1.82, 2.24) is 5.32 Å². The second kappa shape index (κ2) is 18.1. The molecule has 0 saturated heterocycles. The van der Waals surface area contributed by atoms with Crippen molar-refractivity contribution in [2.75, 3.05) is 6.54 Å². The van der Waals surface area contributed by atoms with Gasteiger partial charge in [0.05, 0.1) is 0 Å². The molecule has 5 heteroatoms. The lowest BCUT2D eigenvalue weighted by atomic mass is 10.0. The predicted octanol–water partition coefficient (Wildman–Crippen LogP) is 5.38. The van der Waals surface area contributed by atoms with Gasteiger partial charge in [0, 0.05) is 5.56 Å². The summed E-state index contributed by atoms with van der Waals surface area (Å²) in [4.78, 5) is 34.6. The smallest absolute Gasteiger partial charge is 0.127 e. The summed E-state index contributed by atoms with van der Waals surface area (Å²) in [6.45, 7) is 2.83. The molecule has 0 heterocycles. The van der Waals surface area contributed by atoms with Gasteiger partial charge in [0.15, 0.2) is 0 Å². The van der Waals surface area contributed by atoms with Gasteiger partial charge in [-0.25, -0.2) is 0 Å². The molecule has 0 fully saturated rings. The number of hydrogen-bond donors (Lipinski definition) is 1. The molecule has 0 radical (unpaired) electrons. The van der Waals surface area contributed by atoms with Gasteiger partial charge in [-0.2, -0.15) is 0 Å². The molecule has 30 heavy (non-hydrogen) atoms. The number of rotatable bonds is 20. The fraction of sp³-hybridized carbons (Fsp3) is 0.760. The van der Waals surface area contributed by atoms with E-state index < -0.39 is 13.7 Å². The molecule has 1 aromatic rings. The first-order valence-corrected chi connectivity index (χ1v) is 14.0. The highest BCUT2D eigenvalue weighted by Gasteiger charge is 2.18. The molecule has 0 spiro atoms. The molecule has 0 aliphatic rings. The highest BCUT2D eigenvalue weighted by atomic mass is 31.2. The summed E-state index contributed by atoms with van der Waals surface area (Å²) in [5.41, 5.74) is 0.530. The van der Waals surface area contributed by atoms with E-state index >= 15 is 0 Å². The molecule has 1 rings (SSSR count). The summed E-state index contributed by atoms with van der Waals surface area (Å²) in [6.07, 6.45) is 21.0. The van der Waals surface area contributed by atoms with Crippen molar-refractivity contribution >= 4 is 7.94 Å². The third-order valence-corrected chi connectivity index (χ3v) is 6.91. The monoisotopic (exact) mass is 437 g/mol. The third kappa shape index (κ3) is 14.5. The van der Waals surface area contributed by atoms with Crippen LogP contribution in [0.25, 0.3) is 0 Å². The van der Waals surface area contributed by atoms with Gasteiger partial charge in [-0.1, -0.05) is 134 Å². The first-order chi connectivity index (χ1) is 14.6. The van der Waals surface area contributed by atoms with Crippen LogP contribution in [0.3, 0.4) is 0 Å². The zero-order valence-corrected chi connectivity index (χ0v) is 20.1. The largest absolute Gasteiger partial charge is 0.686 e. The van der Waals surface area contributed by atoms with Crippen molar-refractivity contribution in [3.05, 3.63) is 35.9 Å². The van der Waals surface area contributed by atoms with Gasteiger partial charge >= 0.3 is 0 Å². The van der Waals surface area contributed by atoms with Gasteiger partial charge in [0.1, 0.15) is 5.78 Å². The maximum atomic E-state index is 11.5. The van der Waals surface area contributed by atoms with E-state index in [9.17, 15) is 14.7 Å². The van der Waals surface area contributed by atoms with Crippen molar-refractivity contribution in [3.63, 3.8) is 0 Å². The molecule has 0 bridgehead atoms. The van der Waals surface area contributed by atoms with E-state index in [-0.39, 0.29) is 0 Å². The van der Waals surface area contributed by atoms with E-state index in [1.807, 2.05) is 6.07 Å². The van der Waals surface area contributed by atoms with Crippen molar-refractivity contribution in [2.24, 2.45) is 0 Å². The fourth-order valence-electron chi connectivity index (χ4n) is 3.96. The quantitative estimate of drug-likeness (QED) is 0.219. The lowest BCUT2D eigenvalue weighted by Crippen LogP contribution is -2.42. The van der Waals surface area contributed by atoms with Crippen LogP contribution in [0, 0.1) is 0 Å². The Morgan fingerprint density at radius 2 is 1.03 bits per heavy atom. The Balaban J connectivity index is 1.91. The Hall–Kier alpha value is -0.510. The normalized spacial score (nSPS) is 12.9. The minimum atomic E-state index is -4.70. The van der Waals surface area contributed by atoms with E-state index in [1.165, 1.54) is 89.9 Å². The summed E-state index contributed by atoms with van der Waals surface area (Å²) in [5, 5.41) is 2.94. The molecule has 0 saturated carbocycles. The number of benzene rings is 1. The van der Waals surface area contributed by atoms with Gasteiger partial charge in [0.2, 0.25) is 0 Å². The predicted molar refractivity (Wildman–Crippen MR) is 124 cm³/mol. The minimum absolute atomic E-state index is 0.530. The van der Waals surface area contributed by atoms with E-state index in [0.717, 1.165) is 12.8 Å². The van der Waals surface area contributed by atoms with Gasteiger partial charge < -0.3 is 14.7 Å². The molecule has 0 amide bonds. The van der Waals surface area contributed by atoms with Crippen molar-refractivity contribution in [2.45, 2.75) is 115 Å². The Kier molecular flexibility index (Phi) is 16.6.